The molecule has 3 aromatic rings. The first kappa shape index (κ1) is 20.1. The highest BCUT2D eigenvalue weighted by molar-refractivity contribution is 6.04. The Bertz CT molecular complexity index is 1220. The number of aromatic nitrogens is 1. The maximum Gasteiger partial charge on any atom is 0.264 e. The molecule has 0 spiro atoms. The first-order chi connectivity index (χ1) is 15.4. The Morgan fingerprint density at radius 3 is 2.56 bits per heavy atom. The summed E-state index contributed by atoms with van der Waals surface area (Å²) < 4.78 is 33.3. The summed E-state index contributed by atoms with van der Waals surface area (Å²) in [5.41, 5.74) is 2.96. The summed E-state index contributed by atoms with van der Waals surface area (Å²) in [5.74, 6) is -1.68. The van der Waals surface area contributed by atoms with Crippen molar-refractivity contribution in [1.82, 2.24) is 4.98 Å². The van der Waals surface area contributed by atoms with Crippen LogP contribution in [0.3, 0.4) is 0 Å². The Kier molecular flexibility index (Phi) is 4.84. The van der Waals surface area contributed by atoms with Gasteiger partial charge in [0.15, 0.2) is 6.61 Å². The molecule has 1 aromatic heterocycles. The molecule has 2 aliphatic rings. The number of ether oxygens (including phenoxy) is 1. The summed E-state index contributed by atoms with van der Waals surface area (Å²) >= 11 is 0. The third kappa shape index (κ3) is 3.57. The highest BCUT2D eigenvalue weighted by Gasteiger charge is 2.31. The van der Waals surface area contributed by atoms with Crippen LogP contribution < -0.4 is 15.0 Å². The van der Waals surface area contributed by atoms with Gasteiger partial charge in [-0.15, -0.1) is 0 Å². The molecule has 1 saturated carbocycles. The van der Waals surface area contributed by atoms with Gasteiger partial charge in [-0.1, -0.05) is 6.07 Å². The van der Waals surface area contributed by atoms with Gasteiger partial charge < -0.3 is 15.0 Å². The van der Waals surface area contributed by atoms with E-state index in [-0.39, 0.29) is 18.3 Å². The lowest BCUT2D eigenvalue weighted by Gasteiger charge is -2.27. The summed E-state index contributed by atoms with van der Waals surface area (Å²) in [6, 6.07) is 10.5. The van der Waals surface area contributed by atoms with Gasteiger partial charge >= 0.3 is 0 Å². The number of hydrogen-bond donors (Lipinski definition) is 1. The lowest BCUT2D eigenvalue weighted by Crippen LogP contribution is -2.35. The van der Waals surface area contributed by atoms with Crippen LogP contribution in [-0.2, 0) is 4.79 Å². The second-order valence-corrected chi connectivity index (χ2v) is 7.91. The number of carbonyl (C=O) groups excluding carboxylic acids is 2. The number of fused-ring (bicyclic) bond motifs is 1. The number of carbonyl (C=O) groups is 2. The predicted octanol–water partition coefficient (Wildman–Crippen LogP) is 4.51. The van der Waals surface area contributed by atoms with Crippen molar-refractivity contribution in [3.8, 4) is 16.9 Å². The van der Waals surface area contributed by atoms with Crippen LogP contribution in [-0.4, -0.2) is 30.5 Å². The molecule has 5 rings (SSSR count). The number of halogens is 2. The zero-order chi connectivity index (χ0) is 22.4. The van der Waals surface area contributed by atoms with Crippen molar-refractivity contribution >= 4 is 23.3 Å². The van der Waals surface area contributed by atoms with Crippen LogP contribution in [0.1, 0.15) is 34.7 Å². The highest BCUT2D eigenvalue weighted by Crippen LogP contribution is 2.48. The Morgan fingerprint density at radius 1 is 1.16 bits per heavy atom. The fraction of sp³-hybridized carbons (Fsp3) is 0.208. The van der Waals surface area contributed by atoms with E-state index in [1.54, 1.807) is 30.3 Å². The number of pyridine rings is 1. The summed E-state index contributed by atoms with van der Waals surface area (Å²) in [4.78, 5) is 30.2. The fourth-order valence-electron chi connectivity index (χ4n) is 3.84. The second kappa shape index (κ2) is 7.71. The standard InChI is InChI=1S/C24H19F2N3O3/c1-29-19-9-15(13-5-6-13)16(10-20(19)32-12-22(29)30)14-7-8-21(27-11-14)28-24(31)23-17(25)3-2-4-18(23)26/h2-4,7-11,13H,5-6,12H2,1H3,(H,27,28,31). The van der Waals surface area contributed by atoms with Gasteiger partial charge in [0.05, 0.1) is 5.69 Å². The molecule has 0 atom stereocenters. The topological polar surface area (TPSA) is 71.5 Å². The maximum absolute atomic E-state index is 13.8. The largest absolute Gasteiger partial charge is 0.482 e. The van der Waals surface area contributed by atoms with E-state index < -0.39 is 23.1 Å². The highest BCUT2D eigenvalue weighted by atomic mass is 19.1. The van der Waals surface area contributed by atoms with Crippen molar-refractivity contribution in [1.29, 1.82) is 0 Å². The van der Waals surface area contributed by atoms with Gasteiger partial charge in [-0.25, -0.2) is 13.8 Å². The number of nitrogens with zero attached hydrogens (tertiary/aromatic N) is 2. The van der Waals surface area contributed by atoms with E-state index in [1.807, 2.05) is 12.1 Å². The van der Waals surface area contributed by atoms with E-state index in [1.165, 1.54) is 6.07 Å². The van der Waals surface area contributed by atoms with Crippen LogP contribution in [0.2, 0.25) is 0 Å². The molecule has 0 unspecified atom stereocenters. The monoisotopic (exact) mass is 435 g/mol. The van der Waals surface area contributed by atoms with Crippen LogP contribution in [0.5, 0.6) is 5.75 Å². The third-order valence-corrected chi connectivity index (χ3v) is 5.74. The zero-order valence-corrected chi connectivity index (χ0v) is 17.2. The van der Waals surface area contributed by atoms with Gasteiger partial charge in [0.25, 0.3) is 11.8 Å². The quantitative estimate of drug-likeness (QED) is 0.655. The Morgan fingerprint density at radius 2 is 1.91 bits per heavy atom. The van der Waals surface area contributed by atoms with Gasteiger partial charge in [0, 0.05) is 18.8 Å². The Hall–Kier alpha value is -3.81. The van der Waals surface area contributed by atoms with Crippen LogP contribution >= 0.6 is 0 Å². The minimum absolute atomic E-state index is 0.0124. The summed E-state index contributed by atoms with van der Waals surface area (Å²) in [6.45, 7) is -0.0124. The van der Waals surface area contributed by atoms with Gasteiger partial charge in [-0.05, 0) is 66.3 Å². The minimum Gasteiger partial charge on any atom is -0.482 e. The first-order valence-corrected chi connectivity index (χ1v) is 10.2. The average Bonchev–Trinajstić information content (AvgIpc) is 3.61. The number of likely N-dealkylation sites (N-methyl/N-ethyl adjacent to an activating group) is 1. The first-order valence-electron chi connectivity index (χ1n) is 10.2. The summed E-state index contributed by atoms with van der Waals surface area (Å²) in [7, 11) is 1.73. The van der Waals surface area contributed by atoms with E-state index in [0.717, 1.165) is 47.4 Å². The van der Waals surface area contributed by atoms with Gasteiger partial charge in [0.2, 0.25) is 0 Å². The van der Waals surface area contributed by atoms with Crippen molar-refractivity contribution in [3.05, 3.63) is 71.4 Å². The minimum atomic E-state index is -0.939. The van der Waals surface area contributed by atoms with E-state index in [9.17, 15) is 18.4 Å². The molecule has 1 aliphatic heterocycles. The van der Waals surface area contributed by atoms with Crippen LogP contribution in [0.15, 0.2) is 48.7 Å². The maximum atomic E-state index is 13.8. The molecule has 2 amide bonds. The van der Waals surface area contributed by atoms with Crippen LogP contribution in [0.4, 0.5) is 20.3 Å². The molecular formula is C24H19F2N3O3. The summed E-state index contributed by atoms with van der Waals surface area (Å²) in [5, 5.41) is 2.43. The number of benzene rings is 2. The van der Waals surface area contributed by atoms with Crippen LogP contribution in [0.25, 0.3) is 11.1 Å². The third-order valence-electron chi connectivity index (χ3n) is 5.74. The molecule has 0 radical (unpaired) electrons. The zero-order valence-electron chi connectivity index (χ0n) is 17.2. The van der Waals surface area contributed by atoms with Gasteiger partial charge in [-0.2, -0.15) is 0 Å². The molecule has 0 saturated heterocycles. The molecule has 8 heteroatoms. The molecule has 162 valence electrons. The van der Waals surface area contributed by atoms with Crippen molar-refractivity contribution in [2.75, 3.05) is 23.9 Å². The predicted molar refractivity (Wildman–Crippen MR) is 115 cm³/mol. The number of nitrogens with one attached hydrogen (secondary N) is 1. The number of amides is 2. The Balaban J connectivity index is 1.44. The van der Waals surface area contributed by atoms with Crippen molar-refractivity contribution in [3.63, 3.8) is 0 Å². The van der Waals surface area contributed by atoms with E-state index in [0.29, 0.717) is 11.7 Å². The van der Waals surface area contributed by atoms with Gasteiger partial charge in [-0.3, -0.25) is 9.59 Å². The van der Waals surface area contributed by atoms with Gasteiger partial charge in [0.1, 0.15) is 28.8 Å². The SMILES string of the molecule is CN1C(=O)COc2cc(-c3ccc(NC(=O)c4c(F)cccc4F)nc3)c(C3CC3)cc21. The average molecular weight is 435 g/mol. The lowest BCUT2D eigenvalue weighted by atomic mass is 9.96. The van der Waals surface area contributed by atoms with Crippen molar-refractivity contribution in [2.45, 2.75) is 18.8 Å². The lowest BCUT2D eigenvalue weighted by molar-refractivity contribution is -0.120. The van der Waals surface area contributed by atoms with Crippen molar-refractivity contribution < 1.29 is 23.1 Å². The van der Waals surface area contributed by atoms with Crippen LogP contribution in [0, 0.1) is 11.6 Å². The molecule has 1 aliphatic carbocycles. The molecule has 2 heterocycles. The molecular weight excluding hydrogens is 416 g/mol. The van der Waals surface area contributed by atoms with Crippen molar-refractivity contribution in [2.24, 2.45) is 0 Å². The fourth-order valence-corrected chi connectivity index (χ4v) is 3.84. The second-order valence-electron chi connectivity index (χ2n) is 7.91. The molecule has 1 N–H and O–H groups in total. The summed E-state index contributed by atoms with van der Waals surface area (Å²) in [6.07, 6.45) is 3.73. The molecule has 2 aromatic carbocycles. The number of anilines is 2. The van der Waals surface area contributed by atoms with E-state index in [2.05, 4.69) is 10.3 Å². The van der Waals surface area contributed by atoms with E-state index >= 15 is 0 Å². The molecule has 1 fully saturated rings. The molecule has 0 bridgehead atoms. The molecule has 6 nitrogen and oxygen atoms in total. The number of hydrogen-bond acceptors (Lipinski definition) is 4. The number of rotatable bonds is 4. The van der Waals surface area contributed by atoms with E-state index in [4.69, 9.17) is 4.74 Å². The Labute approximate surface area is 182 Å². The normalized spacial score (nSPS) is 15.2. The molecule has 32 heavy (non-hydrogen) atoms. The smallest absolute Gasteiger partial charge is 0.264 e.